The molecule has 1 aliphatic heterocycles. The zero-order chi connectivity index (χ0) is 29.1. The van der Waals surface area contributed by atoms with E-state index in [4.69, 9.17) is 9.47 Å². The number of fused-ring (bicyclic) bond motifs is 1. The molecule has 2 aromatic rings. The van der Waals surface area contributed by atoms with Crippen LogP contribution in [0, 0.1) is 11.7 Å². The van der Waals surface area contributed by atoms with E-state index in [1.165, 1.54) is 19.2 Å². The highest BCUT2D eigenvalue weighted by atomic mass is 19.1. The molecule has 40 heavy (non-hydrogen) atoms. The van der Waals surface area contributed by atoms with Gasteiger partial charge in [0.15, 0.2) is 0 Å². The van der Waals surface area contributed by atoms with Crippen molar-refractivity contribution in [3.63, 3.8) is 0 Å². The van der Waals surface area contributed by atoms with Crippen LogP contribution >= 0.6 is 0 Å². The minimum atomic E-state index is -0.925. The number of nitrogens with one attached hydrogen (secondary N) is 4. The number of carbonyl (C=O) groups is 3. The van der Waals surface area contributed by atoms with Crippen LogP contribution in [-0.2, 0) is 32.0 Å². The lowest BCUT2D eigenvalue weighted by atomic mass is 10.00. The Morgan fingerprint density at radius 3 is 2.50 bits per heavy atom. The SMILES string of the molecule is COC[C@@H]1NC(=O)[C@@H](C(C)C)NC(=O)[C@@H](Cc2cccc(F)c2)N[C@@H](C)COc2ccccc2CCCNC1=O. The number of hydrogen-bond donors (Lipinski definition) is 4. The molecule has 1 heterocycles. The molecule has 0 unspecified atom stereocenters. The van der Waals surface area contributed by atoms with E-state index in [1.807, 2.05) is 45.0 Å². The molecule has 0 saturated heterocycles. The van der Waals surface area contributed by atoms with Gasteiger partial charge in [-0.25, -0.2) is 4.39 Å². The second-order valence-corrected chi connectivity index (χ2v) is 10.5. The largest absolute Gasteiger partial charge is 0.492 e. The summed E-state index contributed by atoms with van der Waals surface area (Å²) in [5.41, 5.74) is 1.64. The number of halogens is 1. The molecule has 4 atom stereocenters. The molecular weight excluding hydrogens is 515 g/mol. The lowest BCUT2D eigenvalue weighted by Gasteiger charge is -2.28. The van der Waals surface area contributed by atoms with Crippen molar-refractivity contribution in [3.05, 3.63) is 65.5 Å². The molecule has 3 amide bonds. The summed E-state index contributed by atoms with van der Waals surface area (Å²) in [5, 5.41) is 11.8. The highest BCUT2D eigenvalue weighted by Gasteiger charge is 2.31. The molecule has 4 N–H and O–H groups in total. The standard InChI is InChI=1S/C30H41FN4O5/c1-19(2)27-30(38)34-25(18-39-4)28(36)32-14-8-11-22-10-5-6-13-26(22)40-17-20(3)33-24(29(37)35-27)16-21-9-7-12-23(31)15-21/h5-7,9-10,12-13,15,19-20,24-25,27,33H,8,11,14,16-18H2,1-4H3,(H,32,36)(H,34,38)(H,35,37)/t20-,24+,25-,27+/m0/s1. The summed E-state index contributed by atoms with van der Waals surface area (Å²) in [4.78, 5) is 39.8. The van der Waals surface area contributed by atoms with E-state index in [9.17, 15) is 18.8 Å². The van der Waals surface area contributed by atoms with Gasteiger partial charge in [-0.2, -0.15) is 0 Å². The maximum absolute atomic E-state index is 13.9. The number of aryl methyl sites for hydroxylation is 1. The van der Waals surface area contributed by atoms with E-state index in [1.54, 1.807) is 12.1 Å². The quantitative estimate of drug-likeness (QED) is 0.448. The third kappa shape index (κ3) is 9.31. The molecule has 0 spiro atoms. The number of para-hydroxylation sites is 1. The lowest BCUT2D eigenvalue weighted by molar-refractivity contribution is -0.134. The summed E-state index contributed by atoms with van der Waals surface area (Å²) in [6, 6.07) is 10.9. The van der Waals surface area contributed by atoms with Gasteiger partial charge < -0.3 is 25.4 Å². The van der Waals surface area contributed by atoms with Crippen LogP contribution < -0.4 is 26.0 Å². The van der Waals surface area contributed by atoms with Crippen LogP contribution in [-0.4, -0.2) is 68.8 Å². The molecule has 2 aromatic carbocycles. The van der Waals surface area contributed by atoms with Gasteiger partial charge in [-0.05, 0) is 61.4 Å². The number of benzene rings is 2. The fraction of sp³-hybridized carbons (Fsp3) is 0.500. The first kappa shape index (κ1) is 31.0. The third-order valence-electron chi connectivity index (χ3n) is 6.73. The predicted octanol–water partition coefficient (Wildman–Crippen LogP) is 2.13. The first-order chi connectivity index (χ1) is 19.2. The van der Waals surface area contributed by atoms with Gasteiger partial charge >= 0.3 is 0 Å². The fourth-order valence-electron chi connectivity index (χ4n) is 4.60. The molecule has 1 aliphatic rings. The molecule has 0 aromatic heterocycles. The van der Waals surface area contributed by atoms with Gasteiger partial charge in [0.25, 0.3) is 0 Å². The monoisotopic (exact) mass is 556 g/mol. The van der Waals surface area contributed by atoms with Crippen LogP contribution in [0.4, 0.5) is 4.39 Å². The van der Waals surface area contributed by atoms with Crippen molar-refractivity contribution in [3.8, 4) is 5.75 Å². The summed E-state index contributed by atoms with van der Waals surface area (Å²) in [5.74, 6) is -1.20. The van der Waals surface area contributed by atoms with Crippen LogP contribution in [0.1, 0.15) is 38.3 Å². The van der Waals surface area contributed by atoms with Crippen LogP contribution in [0.5, 0.6) is 5.75 Å². The zero-order valence-electron chi connectivity index (χ0n) is 23.7. The maximum atomic E-state index is 13.9. The number of ether oxygens (including phenoxy) is 2. The lowest BCUT2D eigenvalue weighted by Crippen LogP contribution is -2.59. The molecule has 0 saturated carbocycles. The van der Waals surface area contributed by atoms with Crippen LogP contribution in [0.2, 0.25) is 0 Å². The van der Waals surface area contributed by atoms with Crippen molar-refractivity contribution in [2.75, 3.05) is 26.9 Å². The molecule has 10 heteroatoms. The van der Waals surface area contributed by atoms with Gasteiger partial charge in [-0.1, -0.05) is 44.2 Å². The van der Waals surface area contributed by atoms with Crippen molar-refractivity contribution in [2.45, 2.75) is 64.2 Å². The predicted molar refractivity (Wildman–Crippen MR) is 150 cm³/mol. The fourth-order valence-corrected chi connectivity index (χ4v) is 4.60. The first-order valence-corrected chi connectivity index (χ1v) is 13.8. The van der Waals surface area contributed by atoms with Crippen molar-refractivity contribution in [2.24, 2.45) is 5.92 Å². The minimum absolute atomic E-state index is 0.0196. The number of methoxy groups -OCH3 is 1. The Labute approximate surface area is 235 Å². The Morgan fingerprint density at radius 1 is 1.00 bits per heavy atom. The second kappa shape index (κ2) is 15.3. The Morgan fingerprint density at radius 2 is 1.77 bits per heavy atom. The Bertz CT molecular complexity index is 1140. The first-order valence-electron chi connectivity index (χ1n) is 13.8. The molecule has 9 nitrogen and oxygen atoms in total. The van der Waals surface area contributed by atoms with Crippen molar-refractivity contribution in [1.82, 2.24) is 21.3 Å². The van der Waals surface area contributed by atoms with Gasteiger partial charge in [0.1, 0.15) is 30.3 Å². The summed E-state index contributed by atoms with van der Waals surface area (Å²) in [7, 11) is 1.45. The Kier molecular flexibility index (Phi) is 11.9. The number of amides is 3. The number of carbonyl (C=O) groups excluding carboxylic acids is 3. The molecule has 0 radical (unpaired) electrons. The summed E-state index contributed by atoms with van der Waals surface area (Å²) < 4.78 is 25.2. The third-order valence-corrected chi connectivity index (χ3v) is 6.73. The van der Waals surface area contributed by atoms with E-state index in [2.05, 4.69) is 21.3 Å². The second-order valence-electron chi connectivity index (χ2n) is 10.5. The van der Waals surface area contributed by atoms with E-state index in [0.717, 1.165) is 11.3 Å². The minimum Gasteiger partial charge on any atom is -0.492 e. The van der Waals surface area contributed by atoms with Gasteiger partial charge in [0.2, 0.25) is 17.7 Å². The molecular formula is C30H41FN4O5. The highest BCUT2D eigenvalue weighted by Crippen LogP contribution is 2.20. The summed E-state index contributed by atoms with van der Waals surface area (Å²) >= 11 is 0. The van der Waals surface area contributed by atoms with E-state index >= 15 is 0 Å². The van der Waals surface area contributed by atoms with Gasteiger partial charge in [0, 0.05) is 19.7 Å². The van der Waals surface area contributed by atoms with E-state index in [-0.39, 0.29) is 37.5 Å². The van der Waals surface area contributed by atoms with Gasteiger partial charge in [0.05, 0.1) is 12.6 Å². The van der Waals surface area contributed by atoms with Crippen molar-refractivity contribution >= 4 is 17.7 Å². The Hall–Kier alpha value is -3.50. The average molecular weight is 557 g/mol. The van der Waals surface area contributed by atoms with E-state index in [0.29, 0.717) is 24.9 Å². The molecule has 0 bridgehead atoms. The van der Waals surface area contributed by atoms with Gasteiger partial charge in [-0.15, -0.1) is 0 Å². The molecule has 0 fully saturated rings. The normalized spacial score (nSPS) is 23.6. The smallest absolute Gasteiger partial charge is 0.244 e. The van der Waals surface area contributed by atoms with Crippen molar-refractivity contribution in [1.29, 1.82) is 0 Å². The van der Waals surface area contributed by atoms with Crippen LogP contribution in [0.3, 0.4) is 0 Å². The summed E-state index contributed by atoms with van der Waals surface area (Å²) in [6.45, 7) is 6.20. The topological polar surface area (TPSA) is 118 Å². The number of hydrogen-bond acceptors (Lipinski definition) is 6. The van der Waals surface area contributed by atoms with Crippen LogP contribution in [0.15, 0.2) is 48.5 Å². The highest BCUT2D eigenvalue weighted by molar-refractivity contribution is 5.93. The molecule has 218 valence electrons. The molecule has 0 aliphatic carbocycles. The maximum Gasteiger partial charge on any atom is 0.244 e. The summed E-state index contributed by atoms with van der Waals surface area (Å²) in [6.07, 6.45) is 1.55. The number of rotatable bonds is 5. The van der Waals surface area contributed by atoms with Crippen LogP contribution in [0.25, 0.3) is 0 Å². The van der Waals surface area contributed by atoms with E-state index < -0.39 is 35.8 Å². The zero-order valence-corrected chi connectivity index (χ0v) is 23.7. The molecule has 3 rings (SSSR count). The Balaban J connectivity index is 1.90. The average Bonchev–Trinajstić information content (AvgIpc) is 2.91. The van der Waals surface area contributed by atoms with Crippen molar-refractivity contribution < 1.29 is 28.2 Å². The van der Waals surface area contributed by atoms with Gasteiger partial charge in [-0.3, -0.25) is 19.7 Å².